The van der Waals surface area contributed by atoms with Crippen LogP contribution in [-0.4, -0.2) is 8.42 Å². The van der Waals surface area contributed by atoms with Crippen molar-refractivity contribution in [2.75, 3.05) is 0 Å². The predicted octanol–water partition coefficient (Wildman–Crippen LogP) is 1.68. The Morgan fingerprint density at radius 2 is 2.08 bits per heavy atom. The van der Waals surface area contributed by atoms with E-state index in [1.807, 2.05) is 0 Å². The van der Waals surface area contributed by atoms with E-state index in [9.17, 15) is 8.42 Å². The summed E-state index contributed by atoms with van der Waals surface area (Å²) in [7, 11) is -4.01. The van der Waals surface area contributed by atoms with Crippen molar-refractivity contribution in [1.29, 1.82) is 0 Å². The van der Waals surface area contributed by atoms with E-state index in [-0.39, 0.29) is 10.8 Å². The minimum absolute atomic E-state index is 0.00682. The highest BCUT2D eigenvalue weighted by Gasteiger charge is 2.08. The molecule has 0 saturated heterocycles. The van der Waals surface area contributed by atoms with Crippen LogP contribution in [0.5, 0.6) is 5.75 Å². The van der Waals surface area contributed by atoms with Gasteiger partial charge in [-0.05, 0) is 18.2 Å². The molecular weight excluding hydrogens is 281 g/mol. The van der Waals surface area contributed by atoms with Crippen LogP contribution in [0.3, 0.4) is 0 Å². The average molecular weight is 287 g/mol. The molecule has 0 amide bonds. The Morgan fingerprint density at radius 3 is 2.54 bits per heavy atom. The van der Waals surface area contributed by atoms with Crippen LogP contribution in [0.25, 0.3) is 0 Å². The van der Waals surface area contributed by atoms with Crippen LogP contribution in [0.2, 0.25) is 5.02 Å². The first-order chi connectivity index (χ1) is 5.88. The van der Waals surface area contributed by atoms with Gasteiger partial charge in [0.05, 0.1) is 5.02 Å². The summed E-state index contributed by atoms with van der Waals surface area (Å²) < 4.78 is 26.2. The lowest BCUT2D eigenvalue weighted by Crippen LogP contribution is -2.19. The van der Waals surface area contributed by atoms with Gasteiger partial charge in [0.2, 0.25) is 0 Å². The summed E-state index contributed by atoms with van der Waals surface area (Å²) in [5.41, 5.74) is 0. The fourth-order valence-electron chi connectivity index (χ4n) is 0.668. The Kier molecular flexibility index (Phi) is 3.18. The van der Waals surface area contributed by atoms with Crippen molar-refractivity contribution >= 4 is 37.8 Å². The molecule has 0 aliphatic heterocycles. The minimum Gasteiger partial charge on any atom is -0.369 e. The van der Waals surface area contributed by atoms with Crippen LogP contribution in [0.4, 0.5) is 0 Å². The number of hydrogen-bond acceptors (Lipinski definition) is 3. The van der Waals surface area contributed by atoms with Crippen LogP contribution in [0.15, 0.2) is 22.7 Å². The number of benzene rings is 1. The molecule has 0 saturated carbocycles. The molecule has 0 radical (unpaired) electrons. The van der Waals surface area contributed by atoms with Crippen molar-refractivity contribution < 1.29 is 12.6 Å². The second-order valence-electron chi connectivity index (χ2n) is 2.15. The van der Waals surface area contributed by atoms with Crippen LogP contribution in [0, 0.1) is 0 Å². The highest BCUT2D eigenvalue weighted by molar-refractivity contribution is 9.10. The second-order valence-corrected chi connectivity index (χ2v) is 4.63. The third kappa shape index (κ3) is 3.51. The monoisotopic (exact) mass is 285 g/mol. The standard InChI is InChI=1S/C6H5BrClNO3S/c7-4-1-2-6(5(8)3-4)12-13(9,10)11/h1-3H,(H2,9,10,11). The van der Waals surface area contributed by atoms with Crippen LogP contribution in [0.1, 0.15) is 0 Å². The van der Waals surface area contributed by atoms with Crippen molar-refractivity contribution in [3.63, 3.8) is 0 Å². The summed E-state index contributed by atoms with van der Waals surface area (Å²) in [6, 6.07) is 4.49. The second kappa shape index (κ2) is 3.83. The van der Waals surface area contributed by atoms with Crippen LogP contribution in [-0.2, 0) is 10.3 Å². The number of rotatable bonds is 2. The fourth-order valence-corrected chi connectivity index (χ4v) is 1.82. The van der Waals surface area contributed by atoms with E-state index >= 15 is 0 Å². The zero-order valence-corrected chi connectivity index (χ0v) is 9.36. The molecule has 1 rings (SSSR count). The zero-order valence-electron chi connectivity index (χ0n) is 6.20. The maximum Gasteiger partial charge on any atom is 0.380 e. The van der Waals surface area contributed by atoms with Gasteiger partial charge >= 0.3 is 10.3 Å². The molecule has 0 aliphatic carbocycles. The van der Waals surface area contributed by atoms with E-state index in [1.165, 1.54) is 12.1 Å². The predicted molar refractivity (Wildman–Crippen MR) is 52.9 cm³/mol. The van der Waals surface area contributed by atoms with E-state index in [4.69, 9.17) is 11.6 Å². The zero-order chi connectivity index (χ0) is 10.1. The van der Waals surface area contributed by atoms with Crippen molar-refractivity contribution in [3.8, 4) is 5.75 Å². The number of halogens is 2. The lowest BCUT2D eigenvalue weighted by Gasteiger charge is -2.03. The van der Waals surface area contributed by atoms with E-state index < -0.39 is 10.3 Å². The number of hydrogen-bond donors (Lipinski definition) is 1. The van der Waals surface area contributed by atoms with Gasteiger partial charge in [-0.3, -0.25) is 0 Å². The van der Waals surface area contributed by atoms with Gasteiger partial charge in [0, 0.05) is 4.47 Å². The third-order valence-electron chi connectivity index (χ3n) is 1.10. The fraction of sp³-hybridized carbons (Fsp3) is 0. The Hall–Kier alpha value is -0.300. The first-order valence-corrected chi connectivity index (χ1v) is 5.70. The molecule has 0 spiro atoms. The van der Waals surface area contributed by atoms with E-state index in [0.717, 1.165) is 4.47 Å². The molecule has 0 heterocycles. The maximum absolute atomic E-state index is 10.5. The van der Waals surface area contributed by atoms with Crippen molar-refractivity contribution in [3.05, 3.63) is 27.7 Å². The lowest BCUT2D eigenvalue weighted by atomic mass is 10.3. The maximum atomic E-state index is 10.5. The van der Waals surface area contributed by atoms with Gasteiger partial charge in [0.1, 0.15) is 0 Å². The van der Waals surface area contributed by atoms with Gasteiger partial charge in [-0.15, -0.1) is 0 Å². The SMILES string of the molecule is NS(=O)(=O)Oc1ccc(Br)cc1Cl. The molecule has 13 heavy (non-hydrogen) atoms. The van der Waals surface area contributed by atoms with E-state index in [0.29, 0.717) is 0 Å². The molecule has 1 aromatic rings. The Balaban J connectivity index is 3.04. The van der Waals surface area contributed by atoms with Gasteiger partial charge in [0.25, 0.3) is 0 Å². The van der Waals surface area contributed by atoms with E-state index in [1.54, 1.807) is 6.07 Å². The molecule has 0 atom stereocenters. The first-order valence-electron chi connectivity index (χ1n) is 3.06. The summed E-state index contributed by atoms with van der Waals surface area (Å²) in [6.45, 7) is 0. The summed E-state index contributed by atoms with van der Waals surface area (Å²) >= 11 is 8.82. The van der Waals surface area contributed by atoms with Gasteiger partial charge in [-0.1, -0.05) is 27.5 Å². The van der Waals surface area contributed by atoms with Gasteiger partial charge in [-0.25, -0.2) is 0 Å². The molecular formula is C6H5BrClNO3S. The average Bonchev–Trinajstić information content (AvgIpc) is 1.93. The Morgan fingerprint density at radius 1 is 1.46 bits per heavy atom. The summed E-state index contributed by atoms with van der Waals surface area (Å²) in [4.78, 5) is 0. The Bertz CT molecular complexity index is 420. The van der Waals surface area contributed by atoms with E-state index in [2.05, 4.69) is 25.3 Å². The van der Waals surface area contributed by atoms with Crippen LogP contribution >= 0.6 is 27.5 Å². The molecule has 0 aliphatic rings. The minimum atomic E-state index is -4.01. The number of nitrogens with two attached hydrogens (primary N) is 1. The first kappa shape index (κ1) is 10.8. The molecule has 0 aromatic heterocycles. The summed E-state index contributed by atoms with van der Waals surface area (Å²) in [5, 5.41) is 4.82. The smallest absolute Gasteiger partial charge is 0.369 e. The van der Waals surface area contributed by atoms with Crippen molar-refractivity contribution in [2.45, 2.75) is 0 Å². The van der Waals surface area contributed by atoms with Gasteiger partial charge in [-0.2, -0.15) is 13.6 Å². The molecule has 1 aromatic carbocycles. The summed E-state index contributed by atoms with van der Waals surface area (Å²) in [6.07, 6.45) is 0. The normalized spacial score (nSPS) is 11.3. The highest BCUT2D eigenvalue weighted by Crippen LogP contribution is 2.28. The Labute approximate surface area is 89.0 Å². The lowest BCUT2D eigenvalue weighted by molar-refractivity contribution is 0.488. The van der Waals surface area contributed by atoms with Crippen molar-refractivity contribution in [2.24, 2.45) is 5.14 Å². The summed E-state index contributed by atoms with van der Waals surface area (Å²) in [5.74, 6) is 0.00682. The quantitative estimate of drug-likeness (QED) is 0.899. The van der Waals surface area contributed by atoms with Gasteiger partial charge in [0.15, 0.2) is 5.75 Å². The molecule has 72 valence electrons. The topological polar surface area (TPSA) is 69.4 Å². The van der Waals surface area contributed by atoms with Crippen LogP contribution < -0.4 is 9.32 Å². The molecule has 0 bridgehead atoms. The largest absolute Gasteiger partial charge is 0.380 e. The molecule has 0 unspecified atom stereocenters. The molecule has 0 fully saturated rings. The third-order valence-corrected chi connectivity index (χ3v) is 2.30. The highest BCUT2D eigenvalue weighted by atomic mass is 79.9. The van der Waals surface area contributed by atoms with Gasteiger partial charge < -0.3 is 4.18 Å². The molecule has 4 nitrogen and oxygen atoms in total. The molecule has 7 heteroatoms. The molecule has 2 N–H and O–H groups in total. The van der Waals surface area contributed by atoms with Crippen molar-refractivity contribution in [1.82, 2.24) is 0 Å².